The van der Waals surface area contributed by atoms with Crippen molar-refractivity contribution >= 4 is 0 Å². The lowest BCUT2D eigenvalue weighted by molar-refractivity contribution is -0.146. The minimum atomic E-state index is -0.575. The zero-order valence-electron chi connectivity index (χ0n) is 12.2. The van der Waals surface area contributed by atoms with Crippen molar-refractivity contribution in [3.63, 3.8) is 0 Å². The number of aliphatic hydroxyl groups excluding tert-OH is 1. The van der Waals surface area contributed by atoms with Crippen LogP contribution in [0.2, 0.25) is 0 Å². The van der Waals surface area contributed by atoms with Crippen LogP contribution in [0.3, 0.4) is 0 Å². The molecule has 1 aromatic rings. The van der Waals surface area contributed by atoms with Crippen LogP contribution in [0.25, 0.3) is 0 Å². The van der Waals surface area contributed by atoms with Crippen LogP contribution in [0, 0.1) is 12.8 Å². The second-order valence-electron chi connectivity index (χ2n) is 5.82. The molecule has 1 heterocycles. The van der Waals surface area contributed by atoms with Gasteiger partial charge in [0, 0.05) is 24.6 Å². The van der Waals surface area contributed by atoms with E-state index in [1.807, 2.05) is 19.9 Å². The Bertz CT molecular complexity index is 411. The minimum absolute atomic E-state index is 0.422. The van der Waals surface area contributed by atoms with E-state index in [0.29, 0.717) is 6.61 Å². The molecule has 1 fully saturated rings. The number of hydrogen-bond donors (Lipinski definition) is 1. The molecule has 0 spiro atoms. The molecule has 0 aliphatic heterocycles. The summed E-state index contributed by atoms with van der Waals surface area (Å²) in [5.41, 5.74) is 1.57. The van der Waals surface area contributed by atoms with Crippen LogP contribution in [0.5, 0.6) is 0 Å². The Balaban J connectivity index is 2.26. The lowest BCUT2D eigenvalue weighted by Crippen LogP contribution is -2.43. The Hall–Kier alpha value is -0.930. The first-order chi connectivity index (χ1) is 9.09. The number of ether oxygens (including phenoxy) is 1. The van der Waals surface area contributed by atoms with Gasteiger partial charge in [0.15, 0.2) is 0 Å². The molecular formula is C16H25NO2. The number of hydrogen-bond acceptors (Lipinski definition) is 3. The maximum absolute atomic E-state index is 10.8. The maximum atomic E-state index is 10.8. The number of nitrogens with zero attached hydrogens (tertiary/aromatic N) is 1. The van der Waals surface area contributed by atoms with Crippen LogP contribution in [0.4, 0.5) is 0 Å². The van der Waals surface area contributed by atoms with E-state index in [0.717, 1.165) is 42.7 Å². The first-order valence-corrected chi connectivity index (χ1v) is 7.31. The summed E-state index contributed by atoms with van der Waals surface area (Å²) >= 11 is 0. The largest absolute Gasteiger partial charge is 0.385 e. The van der Waals surface area contributed by atoms with E-state index in [1.54, 1.807) is 12.4 Å². The number of pyridine rings is 1. The quantitative estimate of drug-likeness (QED) is 0.905. The van der Waals surface area contributed by atoms with Gasteiger partial charge in [0.1, 0.15) is 6.10 Å². The van der Waals surface area contributed by atoms with E-state index < -0.39 is 11.7 Å². The smallest absolute Gasteiger partial charge is 0.110 e. The monoisotopic (exact) mass is 263 g/mol. The number of rotatable bonds is 4. The Kier molecular flexibility index (Phi) is 4.58. The van der Waals surface area contributed by atoms with E-state index in [-0.39, 0.29) is 0 Å². The standard InChI is InChI=1S/C16H25NO2/c1-4-19-16(8-5-12(2)6-9-16)15(18)14-11-17-10-7-13(14)3/h7,10-12,15,18H,4-6,8-9H2,1-3H3. The Morgan fingerprint density at radius 2 is 2.16 bits per heavy atom. The Morgan fingerprint density at radius 1 is 1.47 bits per heavy atom. The maximum Gasteiger partial charge on any atom is 0.110 e. The predicted octanol–water partition coefficient (Wildman–Crippen LogP) is 3.41. The van der Waals surface area contributed by atoms with Crippen LogP contribution < -0.4 is 0 Å². The second kappa shape index (κ2) is 6.02. The first kappa shape index (κ1) is 14.5. The van der Waals surface area contributed by atoms with Crippen LogP contribution in [-0.4, -0.2) is 22.3 Å². The fourth-order valence-electron chi connectivity index (χ4n) is 3.08. The Labute approximate surface area is 116 Å². The van der Waals surface area contributed by atoms with E-state index >= 15 is 0 Å². The zero-order chi connectivity index (χ0) is 13.9. The molecule has 0 bridgehead atoms. The van der Waals surface area contributed by atoms with Crippen molar-refractivity contribution in [2.24, 2.45) is 5.92 Å². The molecule has 1 unspecified atom stereocenters. The summed E-state index contributed by atoms with van der Waals surface area (Å²) in [6.07, 6.45) is 7.07. The molecule has 0 aromatic carbocycles. The van der Waals surface area contributed by atoms with Gasteiger partial charge < -0.3 is 9.84 Å². The average Bonchev–Trinajstić information content (AvgIpc) is 2.42. The van der Waals surface area contributed by atoms with Gasteiger partial charge in [-0.05, 0) is 57.1 Å². The van der Waals surface area contributed by atoms with Crippen molar-refractivity contribution in [2.45, 2.75) is 58.2 Å². The molecule has 1 aliphatic rings. The fraction of sp³-hybridized carbons (Fsp3) is 0.688. The van der Waals surface area contributed by atoms with Crippen LogP contribution in [-0.2, 0) is 4.74 Å². The lowest BCUT2D eigenvalue weighted by Gasteiger charge is -2.42. The topological polar surface area (TPSA) is 42.4 Å². The van der Waals surface area contributed by atoms with Crippen LogP contribution in [0.15, 0.2) is 18.5 Å². The number of aryl methyl sites for hydroxylation is 1. The van der Waals surface area contributed by atoms with Crippen molar-refractivity contribution in [3.8, 4) is 0 Å². The molecule has 1 aromatic heterocycles. The van der Waals surface area contributed by atoms with Crippen molar-refractivity contribution in [1.29, 1.82) is 0 Å². The molecule has 0 saturated heterocycles. The van der Waals surface area contributed by atoms with Gasteiger partial charge in [-0.2, -0.15) is 0 Å². The minimum Gasteiger partial charge on any atom is -0.385 e. The molecule has 2 rings (SSSR count). The predicted molar refractivity (Wildman–Crippen MR) is 75.9 cm³/mol. The highest BCUT2D eigenvalue weighted by Crippen LogP contribution is 2.43. The number of aromatic nitrogens is 1. The molecule has 1 N–H and O–H groups in total. The highest BCUT2D eigenvalue weighted by atomic mass is 16.5. The van der Waals surface area contributed by atoms with E-state index in [1.165, 1.54) is 0 Å². The van der Waals surface area contributed by atoms with Crippen molar-refractivity contribution in [1.82, 2.24) is 4.98 Å². The zero-order valence-corrected chi connectivity index (χ0v) is 12.2. The van der Waals surface area contributed by atoms with E-state index in [2.05, 4.69) is 11.9 Å². The van der Waals surface area contributed by atoms with Crippen molar-refractivity contribution < 1.29 is 9.84 Å². The summed E-state index contributed by atoms with van der Waals surface area (Å²) in [6, 6.07) is 1.95. The van der Waals surface area contributed by atoms with E-state index in [9.17, 15) is 5.11 Å². The molecule has 19 heavy (non-hydrogen) atoms. The molecule has 0 amide bonds. The summed E-state index contributed by atoms with van der Waals surface area (Å²) in [5, 5.41) is 10.8. The summed E-state index contributed by atoms with van der Waals surface area (Å²) < 4.78 is 6.01. The SMILES string of the molecule is CCOC1(C(O)c2cnccc2C)CCC(C)CC1. The third-order valence-corrected chi connectivity index (χ3v) is 4.42. The van der Waals surface area contributed by atoms with Gasteiger partial charge >= 0.3 is 0 Å². The summed E-state index contributed by atoms with van der Waals surface area (Å²) in [4.78, 5) is 4.15. The van der Waals surface area contributed by atoms with E-state index in [4.69, 9.17) is 4.74 Å². The molecule has 1 atom stereocenters. The van der Waals surface area contributed by atoms with Gasteiger partial charge in [-0.25, -0.2) is 0 Å². The van der Waals surface area contributed by atoms with Gasteiger partial charge in [-0.15, -0.1) is 0 Å². The van der Waals surface area contributed by atoms with Crippen LogP contribution in [0.1, 0.15) is 56.8 Å². The summed E-state index contributed by atoms with van der Waals surface area (Å²) in [7, 11) is 0. The van der Waals surface area contributed by atoms with Crippen molar-refractivity contribution in [3.05, 3.63) is 29.6 Å². The van der Waals surface area contributed by atoms with Gasteiger partial charge in [0.05, 0.1) is 5.60 Å². The van der Waals surface area contributed by atoms with Gasteiger partial charge in [-0.3, -0.25) is 4.98 Å². The molecule has 0 radical (unpaired) electrons. The molecule has 106 valence electrons. The molecule has 1 saturated carbocycles. The molecule has 3 nitrogen and oxygen atoms in total. The normalized spacial score (nSPS) is 29.2. The van der Waals surface area contributed by atoms with Crippen molar-refractivity contribution in [2.75, 3.05) is 6.61 Å². The second-order valence-corrected chi connectivity index (χ2v) is 5.82. The lowest BCUT2D eigenvalue weighted by atomic mass is 9.74. The first-order valence-electron chi connectivity index (χ1n) is 7.31. The Morgan fingerprint density at radius 3 is 2.74 bits per heavy atom. The summed E-state index contributed by atoms with van der Waals surface area (Å²) in [5.74, 6) is 0.732. The van der Waals surface area contributed by atoms with Gasteiger partial charge in [-0.1, -0.05) is 6.92 Å². The third-order valence-electron chi connectivity index (χ3n) is 4.42. The van der Waals surface area contributed by atoms with Gasteiger partial charge in [0.2, 0.25) is 0 Å². The number of aliphatic hydroxyl groups is 1. The summed E-state index contributed by atoms with van der Waals surface area (Å²) in [6.45, 7) is 6.94. The third kappa shape index (κ3) is 2.98. The average molecular weight is 263 g/mol. The van der Waals surface area contributed by atoms with Gasteiger partial charge in [0.25, 0.3) is 0 Å². The highest BCUT2D eigenvalue weighted by molar-refractivity contribution is 5.26. The van der Waals surface area contributed by atoms with Crippen LogP contribution >= 0.6 is 0 Å². The highest BCUT2D eigenvalue weighted by Gasteiger charge is 2.42. The molecular weight excluding hydrogens is 238 g/mol. The molecule has 3 heteroatoms. The fourth-order valence-corrected chi connectivity index (χ4v) is 3.08. The molecule has 1 aliphatic carbocycles.